The van der Waals surface area contributed by atoms with Crippen LogP contribution in [0.3, 0.4) is 0 Å². The van der Waals surface area contributed by atoms with Crippen LogP contribution < -0.4 is 0 Å². The summed E-state index contributed by atoms with van der Waals surface area (Å²) in [5.41, 5.74) is 0.838. The van der Waals surface area contributed by atoms with Gasteiger partial charge >= 0.3 is 0 Å². The SMILES string of the molecule is CCCCCCCCCCCCCCCCOC[C@@H](CO)OCc1cc(F)cc(C#N)c1. The molecule has 0 saturated heterocycles. The average Bonchev–Trinajstić information content (AvgIpc) is 2.80. The van der Waals surface area contributed by atoms with Gasteiger partial charge in [-0.15, -0.1) is 0 Å². The molecule has 0 spiro atoms. The molecule has 0 saturated carbocycles. The molecule has 1 rings (SSSR count). The maximum Gasteiger partial charge on any atom is 0.124 e. The molecule has 182 valence electrons. The van der Waals surface area contributed by atoms with E-state index in [2.05, 4.69) is 6.92 Å². The van der Waals surface area contributed by atoms with Crippen molar-refractivity contribution in [2.45, 2.75) is 110 Å². The van der Waals surface area contributed by atoms with Gasteiger partial charge in [-0.25, -0.2) is 4.39 Å². The fourth-order valence-electron chi connectivity index (χ4n) is 3.78. The number of unbranched alkanes of at least 4 members (excludes halogenated alkanes) is 13. The van der Waals surface area contributed by atoms with E-state index in [1.54, 1.807) is 6.07 Å². The van der Waals surface area contributed by atoms with E-state index in [4.69, 9.17) is 14.7 Å². The van der Waals surface area contributed by atoms with Crippen LogP contribution in [-0.4, -0.2) is 31.0 Å². The summed E-state index contributed by atoms with van der Waals surface area (Å²) in [5.74, 6) is -0.461. The first-order valence-corrected chi connectivity index (χ1v) is 12.7. The Bertz CT molecular complexity index is 617. The summed E-state index contributed by atoms with van der Waals surface area (Å²) >= 11 is 0. The second-order valence-electron chi connectivity index (χ2n) is 8.75. The molecular weight excluding hydrogens is 405 g/mol. The summed E-state index contributed by atoms with van der Waals surface area (Å²) < 4.78 is 24.7. The summed E-state index contributed by atoms with van der Waals surface area (Å²) in [5, 5.41) is 18.4. The standard InChI is InChI=1S/C27H44FNO3/c1-2-3-4-5-6-7-8-9-10-11-12-13-14-15-16-31-23-27(21-30)32-22-25-17-24(20-29)18-26(28)19-25/h17-19,27,30H,2-16,21-23H2,1H3/t27-/m1/s1. The smallest absolute Gasteiger partial charge is 0.124 e. The van der Waals surface area contributed by atoms with Crippen molar-refractivity contribution in [3.63, 3.8) is 0 Å². The molecule has 0 aliphatic carbocycles. The molecule has 4 nitrogen and oxygen atoms in total. The number of hydrogen-bond acceptors (Lipinski definition) is 4. The van der Waals surface area contributed by atoms with E-state index in [0.29, 0.717) is 18.8 Å². The van der Waals surface area contributed by atoms with Crippen molar-refractivity contribution in [3.8, 4) is 6.07 Å². The molecule has 0 fully saturated rings. The number of benzene rings is 1. The van der Waals surface area contributed by atoms with E-state index in [-0.39, 0.29) is 18.8 Å². The minimum Gasteiger partial charge on any atom is -0.394 e. The molecule has 5 heteroatoms. The van der Waals surface area contributed by atoms with Crippen molar-refractivity contribution in [2.24, 2.45) is 0 Å². The quantitative estimate of drug-likeness (QED) is 0.204. The summed E-state index contributed by atoms with van der Waals surface area (Å²) in [7, 11) is 0. The Labute approximate surface area is 195 Å². The van der Waals surface area contributed by atoms with Crippen molar-refractivity contribution in [3.05, 3.63) is 35.1 Å². The lowest BCUT2D eigenvalue weighted by Crippen LogP contribution is -2.24. The zero-order valence-electron chi connectivity index (χ0n) is 20.1. The lowest BCUT2D eigenvalue weighted by molar-refractivity contribution is -0.0503. The van der Waals surface area contributed by atoms with Crippen molar-refractivity contribution in [2.75, 3.05) is 19.8 Å². The summed E-state index contributed by atoms with van der Waals surface area (Å²) in [6, 6.07) is 6.04. The molecule has 0 amide bonds. The number of rotatable bonds is 21. The molecule has 0 heterocycles. The molecule has 0 aromatic heterocycles. The normalized spacial score (nSPS) is 12.1. The topological polar surface area (TPSA) is 62.5 Å². The summed E-state index contributed by atoms with van der Waals surface area (Å²) in [6.07, 6.45) is 18.1. The number of halogens is 1. The van der Waals surface area contributed by atoms with Crippen LogP contribution in [0.1, 0.15) is 108 Å². The van der Waals surface area contributed by atoms with E-state index >= 15 is 0 Å². The van der Waals surface area contributed by atoms with Crippen LogP contribution in [0.25, 0.3) is 0 Å². The van der Waals surface area contributed by atoms with E-state index < -0.39 is 11.9 Å². The lowest BCUT2D eigenvalue weighted by Gasteiger charge is -2.16. The van der Waals surface area contributed by atoms with Gasteiger partial charge in [-0.1, -0.05) is 90.4 Å². The predicted molar refractivity (Wildman–Crippen MR) is 128 cm³/mol. The van der Waals surface area contributed by atoms with Crippen molar-refractivity contribution >= 4 is 0 Å². The van der Waals surface area contributed by atoms with E-state index in [9.17, 15) is 9.50 Å². The second-order valence-corrected chi connectivity index (χ2v) is 8.75. The zero-order chi connectivity index (χ0) is 23.3. The van der Waals surface area contributed by atoms with Gasteiger partial charge in [-0.3, -0.25) is 0 Å². The Morgan fingerprint density at radius 1 is 0.875 bits per heavy atom. The Morgan fingerprint density at radius 2 is 1.44 bits per heavy atom. The average molecular weight is 450 g/mol. The first-order chi connectivity index (χ1) is 15.7. The van der Waals surface area contributed by atoms with Gasteiger partial charge in [0.2, 0.25) is 0 Å². The lowest BCUT2D eigenvalue weighted by atomic mass is 10.0. The number of ether oxygens (including phenoxy) is 2. The van der Waals surface area contributed by atoms with Crippen LogP contribution in [0, 0.1) is 17.1 Å². The highest BCUT2D eigenvalue weighted by atomic mass is 19.1. The minimum atomic E-state index is -0.461. The number of hydrogen-bond donors (Lipinski definition) is 1. The fraction of sp³-hybridized carbons (Fsp3) is 0.741. The molecule has 1 N–H and O–H groups in total. The van der Waals surface area contributed by atoms with Gasteiger partial charge in [0.15, 0.2) is 0 Å². The second kappa shape index (κ2) is 20.1. The highest BCUT2D eigenvalue weighted by molar-refractivity contribution is 5.33. The maximum atomic E-state index is 13.5. The maximum absolute atomic E-state index is 13.5. The van der Waals surface area contributed by atoms with E-state index in [1.165, 1.54) is 95.6 Å². The Balaban J connectivity index is 1.93. The van der Waals surface area contributed by atoms with Crippen molar-refractivity contribution < 1.29 is 19.0 Å². The van der Waals surface area contributed by atoms with Crippen LogP contribution in [0.2, 0.25) is 0 Å². The van der Waals surface area contributed by atoms with Gasteiger partial charge in [0.25, 0.3) is 0 Å². The van der Waals surface area contributed by atoms with Gasteiger partial charge in [0.05, 0.1) is 31.5 Å². The van der Waals surface area contributed by atoms with Gasteiger partial charge in [0.1, 0.15) is 11.9 Å². The Hall–Kier alpha value is -1.48. The number of nitriles is 1. The molecule has 1 aromatic rings. The summed E-state index contributed by atoms with van der Waals surface area (Å²) in [6.45, 7) is 3.23. The minimum absolute atomic E-state index is 0.139. The third-order valence-electron chi connectivity index (χ3n) is 5.72. The van der Waals surface area contributed by atoms with Gasteiger partial charge < -0.3 is 14.6 Å². The fourth-order valence-corrected chi connectivity index (χ4v) is 3.78. The largest absolute Gasteiger partial charge is 0.394 e. The van der Waals surface area contributed by atoms with Crippen LogP contribution >= 0.6 is 0 Å². The molecule has 1 atom stereocenters. The molecule has 0 radical (unpaired) electrons. The number of aliphatic hydroxyl groups is 1. The van der Waals surface area contributed by atoms with Gasteiger partial charge in [-0.05, 0) is 30.2 Å². The van der Waals surface area contributed by atoms with Crippen LogP contribution in [0.15, 0.2) is 18.2 Å². The highest BCUT2D eigenvalue weighted by Gasteiger charge is 2.09. The van der Waals surface area contributed by atoms with Crippen LogP contribution in [-0.2, 0) is 16.1 Å². The van der Waals surface area contributed by atoms with E-state index in [0.717, 1.165) is 6.42 Å². The Kier molecular flexibility index (Phi) is 18.0. The third kappa shape index (κ3) is 15.3. The first kappa shape index (κ1) is 28.6. The molecule has 1 aromatic carbocycles. The molecule has 0 aliphatic heterocycles. The van der Waals surface area contributed by atoms with Gasteiger partial charge in [0, 0.05) is 6.61 Å². The van der Waals surface area contributed by atoms with Crippen LogP contribution in [0.5, 0.6) is 0 Å². The highest BCUT2D eigenvalue weighted by Crippen LogP contribution is 2.13. The Morgan fingerprint density at radius 3 is 1.97 bits per heavy atom. The number of nitrogens with zero attached hydrogens (tertiary/aromatic N) is 1. The van der Waals surface area contributed by atoms with Gasteiger partial charge in [-0.2, -0.15) is 5.26 Å². The van der Waals surface area contributed by atoms with Crippen molar-refractivity contribution in [1.82, 2.24) is 0 Å². The number of aliphatic hydroxyl groups excluding tert-OH is 1. The van der Waals surface area contributed by atoms with E-state index in [1.807, 2.05) is 6.07 Å². The monoisotopic (exact) mass is 449 g/mol. The third-order valence-corrected chi connectivity index (χ3v) is 5.72. The molecule has 0 bridgehead atoms. The molecule has 32 heavy (non-hydrogen) atoms. The predicted octanol–water partition coefficient (Wildman–Crippen LogP) is 7.07. The first-order valence-electron chi connectivity index (χ1n) is 12.7. The zero-order valence-corrected chi connectivity index (χ0v) is 20.1. The molecular formula is C27H44FNO3. The van der Waals surface area contributed by atoms with Crippen LogP contribution in [0.4, 0.5) is 4.39 Å². The molecule has 0 aliphatic rings. The summed E-state index contributed by atoms with van der Waals surface area (Å²) in [4.78, 5) is 0. The molecule has 0 unspecified atom stereocenters. The van der Waals surface area contributed by atoms with Crippen molar-refractivity contribution in [1.29, 1.82) is 5.26 Å².